The Kier molecular flexibility index (Phi) is 3.64. The Labute approximate surface area is 131 Å². The highest BCUT2D eigenvalue weighted by Crippen LogP contribution is 2.31. The molecule has 3 heterocycles. The normalized spacial score (nSPS) is 26.6. The van der Waals surface area contributed by atoms with Crippen molar-refractivity contribution in [3.05, 3.63) is 11.6 Å². The Morgan fingerprint density at radius 3 is 2.59 bits per heavy atom. The molecule has 0 bridgehead atoms. The van der Waals surface area contributed by atoms with Gasteiger partial charge in [0.1, 0.15) is 0 Å². The molecule has 6 nitrogen and oxygen atoms in total. The predicted octanol–water partition coefficient (Wildman–Crippen LogP) is 1.58. The van der Waals surface area contributed by atoms with Gasteiger partial charge in [-0.2, -0.15) is 0 Å². The summed E-state index contributed by atoms with van der Waals surface area (Å²) < 4.78 is 2.25. The summed E-state index contributed by atoms with van der Waals surface area (Å²) in [7, 11) is 2.16. The molecular weight excluding hydrogens is 278 g/mol. The van der Waals surface area contributed by atoms with Crippen LogP contribution in [0.3, 0.4) is 0 Å². The van der Waals surface area contributed by atoms with Crippen LogP contribution in [0.4, 0.5) is 0 Å². The summed E-state index contributed by atoms with van der Waals surface area (Å²) >= 11 is 0. The first-order valence-corrected chi connectivity index (χ1v) is 8.65. The fourth-order valence-corrected chi connectivity index (χ4v) is 4.28. The highest BCUT2D eigenvalue weighted by Gasteiger charge is 2.33. The zero-order chi connectivity index (χ0) is 15.1. The van der Waals surface area contributed by atoms with E-state index >= 15 is 0 Å². The molecule has 1 aromatic rings. The lowest BCUT2D eigenvalue weighted by Gasteiger charge is -2.31. The molecule has 0 aromatic carbocycles. The third kappa shape index (κ3) is 2.33. The van der Waals surface area contributed by atoms with Crippen LogP contribution in [0.2, 0.25) is 0 Å². The predicted molar refractivity (Wildman–Crippen MR) is 82.0 cm³/mol. The maximum atomic E-state index is 12.6. The van der Waals surface area contributed by atoms with Crippen molar-refractivity contribution in [3.63, 3.8) is 0 Å². The molecule has 1 unspecified atom stereocenters. The van der Waals surface area contributed by atoms with Crippen molar-refractivity contribution in [1.29, 1.82) is 0 Å². The largest absolute Gasteiger partial charge is 0.333 e. The van der Waals surface area contributed by atoms with E-state index in [-0.39, 0.29) is 5.92 Å². The molecule has 22 heavy (non-hydrogen) atoms. The van der Waals surface area contributed by atoms with E-state index in [1.54, 1.807) is 0 Å². The van der Waals surface area contributed by atoms with Crippen molar-refractivity contribution in [1.82, 2.24) is 24.6 Å². The van der Waals surface area contributed by atoms with Gasteiger partial charge in [-0.15, -0.1) is 10.2 Å². The lowest BCUT2D eigenvalue weighted by Crippen LogP contribution is -2.41. The van der Waals surface area contributed by atoms with Gasteiger partial charge in [-0.1, -0.05) is 12.8 Å². The molecule has 3 aliphatic rings. The topological polar surface area (TPSA) is 54.3 Å². The smallest absolute Gasteiger partial charge is 0.226 e. The first-order valence-electron chi connectivity index (χ1n) is 8.65. The molecule has 0 spiro atoms. The van der Waals surface area contributed by atoms with Crippen molar-refractivity contribution in [2.75, 3.05) is 20.1 Å². The molecule has 1 atom stereocenters. The minimum absolute atomic E-state index is 0.259. The second-order valence-corrected chi connectivity index (χ2v) is 7.01. The molecule has 6 heteroatoms. The van der Waals surface area contributed by atoms with Crippen LogP contribution in [0.5, 0.6) is 0 Å². The Balaban J connectivity index is 1.50. The minimum atomic E-state index is 0.259. The van der Waals surface area contributed by atoms with E-state index < -0.39 is 0 Å². The third-order valence-electron chi connectivity index (χ3n) is 5.62. The molecule has 1 aromatic heterocycles. The number of hydrogen-bond donors (Lipinski definition) is 0. The van der Waals surface area contributed by atoms with E-state index in [0.29, 0.717) is 18.5 Å². The second kappa shape index (κ2) is 5.65. The maximum Gasteiger partial charge on any atom is 0.226 e. The van der Waals surface area contributed by atoms with E-state index in [4.69, 9.17) is 0 Å². The first-order chi connectivity index (χ1) is 10.7. The van der Waals surface area contributed by atoms with E-state index in [1.165, 1.54) is 25.7 Å². The Morgan fingerprint density at radius 2 is 1.86 bits per heavy atom. The number of fused-ring (bicyclic) bond motifs is 1. The summed E-state index contributed by atoms with van der Waals surface area (Å²) in [4.78, 5) is 17.0. The molecule has 2 aliphatic heterocycles. The molecule has 0 N–H and O–H groups in total. The summed E-state index contributed by atoms with van der Waals surface area (Å²) in [5, 5.41) is 8.84. The Bertz CT molecular complexity index is 563. The second-order valence-electron chi connectivity index (χ2n) is 7.01. The average Bonchev–Trinajstić information content (AvgIpc) is 3.25. The van der Waals surface area contributed by atoms with Gasteiger partial charge in [0.05, 0.1) is 12.6 Å². The molecule has 1 saturated heterocycles. The van der Waals surface area contributed by atoms with Gasteiger partial charge < -0.3 is 9.47 Å². The standard InChI is InChI=1S/C16H25N5O/c1-19-8-4-7-13(19)15-18-17-14-11-20(9-10-21(14)15)16(22)12-5-2-3-6-12/h12-13H,2-11H2,1H3. The quantitative estimate of drug-likeness (QED) is 0.832. The number of nitrogens with zero attached hydrogens (tertiary/aromatic N) is 5. The van der Waals surface area contributed by atoms with Crippen molar-refractivity contribution in [2.45, 2.75) is 57.7 Å². The van der Waals surface area contributed by atoms with E-state index in [0.717, 1.165) is 44.1 Å². The number of carbonyl (C=O) groups excluding carboxylic acids is 1. The van der Waals surface area contributed by atoms with Gasteiger partial charge in [-0.25, -0.2) is 0 Å². The molecule has 1 amide bonds. The lowest BCUT2D eigenvalue weighted by atomic mass is 10.1. The van der Waals surface area contributed by atoms with Crippen LogP contribution < -0.4 is 0 Å². The molecule has 0 radical (unpaired) electrons. The van der Waals surface area contributed by atoms with Crippen molar-refractivity contribution in [3.8, 4) is 0 Å². The molecular formula is C16H25N5O. The minimum Gasteiger partial charge on any atom is -0.333 e. The van der Waals surface area contributed by atoms with Crippen LogP contribution in [0.25, 0.3) is 0 Å². The third-order valence-corrected chi connectivity index (χ3v) is 5.62. The van der Waals surface area contributed by atoms with Crippen molar-refractivity contribution in [2.24, 2.45) is 5.92 Å². The summed E-state index contributed by atoms with van der Waals surface area (Å²) in [6, 6.07) is 0.401. The fourth-order valence-electron chi connectivity index (χ4n) is 4.28. The monoisotopic (exact) mass is 303 g/mol. The fraction of sp³-hybridized carbons (Fsp3) is 0.812. The van der Waals surface area contributed by atoms with Gasteiger partial charge in [0.2, 0.25) is 5.91 Å². The number of likely N-dealkylation sites (tertiary alicyclic amines) is 1. The average molecular weight is 303 g/mol. The number of hydrogen-bond acceptors (Lipinski definition) is 4. The van der Waals surface area contributed by atoms with Gasteiger partial charge in [-0.3, -0.25) is 9.69 Å². The SMILES string of the molecule is CN1CCCC1c1nnc2n1CCN(C(=O)C1CCCC1)C2. The zero-order valence-electron chi connectivity index (χ0n) is 13.4. The van der Waals surface area contributed by atoms with Crippen LogP contribution in [0.15, 0.2) is 0 Å². The number of amides is 1. The van der Waals surface area contributed by atoms with Gasteiger partial charge in [0.15, 0.2) is 11.6 Å². The van der Waals surface area contributed by atoms with Crippen molar-refractivity contribution < 1.29 is 4.79 Å². The first kappa shape index (κ1) is 14.2. The van der Waals surface area contributed by atoms with Crippen LogP contribution in [-0.4, -0.2) is 50.6 Å². The van der Waals surface area contributed by atoms with Crippen LogP contribution in [0.1, 0.15) is 56.2 Å². The summed E-state index contributed by atoms with van der Waals surface area (Å²) in [5.41, 5.74) is 0. The molecule has 2 fully saturated rings. The summed E-state index contributed by atoms with van der Waals surface area (Å²) in [6.45, 7) is 3.43. The summed E-state index contributed by atoms with van der Waals surface area (Å²) in [5.74, 6) is 2.66. The van der Waals surface area contributed by atoms with E-state index in [2.05, 4.69) is 26.7 Å². The van der Waals surface area contributed by atoms with Crippen molar-refractivity contribution >= 4 is 5.91 Å². The van der Waals surface area contributed by atoms with E-state index in [1.807, 2.05) is 4.90 Å². The molecule has 120 valence electrons. The molecule has 1 aliphatic carbocycles. The van der Waals surface area contributed by atoms with Crippen LogP contribution in [-0.2, 0) is 17.9 Å². The van der Waals surface area contributed by atoms with Gasteiger partial charge in [-0.05, 0) is 39.3 Å². The summed E-state index contributed by atoms with van der Waals surface area (Å²) in [6.07, 6.45) is 6.95. The van der Waals surface area contributed by atoms with Gasteiger partial charge in [0.25, 0.3) is 0 Å². The van der Waals surface area contributed by atoms with E-state index in [9.17, 15) is 4.79 Å². The zero-order valence-corrected chi connectivity index (χ0v) is 13.4. The number of carbonyl (C=O) groups is 1. The van der Waals surface area contributed by atoms with Crippen LogP contribution >= 0.6 is 0 Å². The number of rotatable bonds is 2. The molecule has 1 saturated carbocycles. The molecule has 4 rings (SSSR count). The lowest BCUT2D eigenvalue weighted by molar-refractivity contribution is -0.136. The van der Waals surface area contributed by atoms with Crippen LogP contribution in [0, 0.1) is 5.92 Å². The van der Waals surface area contributed by atoms with Gasteiger partial charge in [0, 0.05) is 19.0 Å². The number of aromatic nitrogens is 3. The highest BCUT2D eigenvalue weighted by atomic mass is 16.2. The van der Waals surface area contributed by atoms with Gasteiger partial charge >= 0.3 is 0 Å². The Hall–Kier alpha value is -1.43. The highest BCUT2D eigenvalue weighted by molar-refractivity contribution is 5.79. The Morgan fingerprint density at radius 1 is 1.05 bits per heavy atom. The maximum absolute atomic E-state index is 12.6.